The van der Waals surface area contributed by atoms with E-state index in [9.17, 15) is 0 Å². The molecule has 0 aromatic heterocycles. The van der Waals surface area contributed by atoms with Gasteiger partial charge in [0.25, 0.3) is 0 Å². The molecule has 1 aliphatic heterocycles. The average Bonchev–Trinajstić information content (AvgIpc) is 2.20. The van der Waals surface area contributed by atoms with Gasteiger partial charge in [-0.05, 0) is 12.5 Å². The maximum atomic E-state index is 3.88. The Morgan fingerprint density at radius 2 is 2.14 bits per heavy atom. The average molecular weight is 134 g/mol. The SMILES string of the molecule is C=PS1(C)(C)=CC1. The molecule has 0 bridgehead atoms. The molecule has 0 spiro atoms. The Morgan fingerprint density at radius 3 is 2.14 bits per heavy atom. The molecule has 0 atom stereocenters. The van der Waals surface area contributed by atoms with E-state index in [-0.39, 0.29) is 0 Å². The van der Waals surface area contributed by atoms with Crippen molar-refractivity contribution in [3.8, 4) is 0 Å². The van der Waals surface area contributed by atoms with Crippen molar-refractivity contribution >= 4 is 27.4 Å². The summed E-state index contributed by atoms with van der Waals surface area (Å²) in [5, 5.41) is 2.42. The molecule has 0 amide bonds. The molecule has 1 aliphatic rings. The molecule has 0 fully saturated rings. The van der Waals surface area contributed by atoms with Crippen LogP contribution in [0, 0.1) is 0 Å². The van der Waals surface area contributed by atoms with Crippen molar-refractivity contribution in [3.63, 3.8) is 0 Å². The van der Waals surface area contributed by atoms with Gasteiger partial charge >= 0.3 is 0 Å². The molecule has 2 heteroatoms. The maximum Gasteiger partial charge on any atom is 0.00293 e. The molecule has 0 radical (unpaired) electrons. The predicted molar refractivity (Wildman–Crippen MR) is 44.4 cm³/mol. The lowest BCUT2D eigenvalue weighted by Crippen LogP contribution is -1.74. The van der Waals surface area contributed by atoms with E-state index in [0.717, 1.165) is 0 Å². The van der Waals surface area contributed by atoms with E-state index in [0.29, 0.717) is 0 Å². The van der Waals surface area contributed by atoms with Crippen LogP contribution in [0.1, 0.15) is 0 Å². The molecular formula is C5H11PS. The summed E-state index contributed by atoms with van der Waals surface area (Å²) in [4.78, 5) is 0. The summed E-state index contributed by atoms with van der Waals surface area (Å²) in [5.41, 5.74) is 0. The number of hydrogen-bond acceptors (Lipinski definition) is 0. The van der Waals surface area contributed by atoms with Gasteiger partial charge in [0.05, 0.1) is 0 Å². The fourth-order valence-electron chi connectivity index (χ4n) is 0.272. The zero-order valence-corrected chi connectivity index (χ0v) is 6.56. The maximum absolute atomic E-state index is 3.88. The van der Waals surface area contributed by atoms with Crippen molar-refractivity contribution in [1.82, 2.24) is 0 Å². The zero-order valence-electron chi connectivity index (χ0n) is 4.85. The zero-order chi connectivity index (χ0) is 5.57. The van der Waals surface area contributed by atoms with Crippen LogP contribution in [0.5, 0.6) is 0 Å². The molecular weight excluding hydrogens is 123 g/mol. The summed E-state index contributed by atoms with van der Waals surface area (Å²) in [6, 6.07) is 0. The van der Waals surface area contributed by atoms with Crippen LogP contribution in [0.15, 0.2) is 0 Å². The first-order chi connectivity index (χ1) is 3.05. The second-order valence-corrected chi connectivity index (χ2v) is 12.4. The molecule has 42 valence electrons. The van der Waals surface area contributed by atoms with Crippen LogP contribution in [0.4, 0.5) is 0 Å². The Kier molecular flexibility index (Phi) is 0.817. The summed E-state index contributed by atoms with van der Waals surface area (Å²) in [5.74, 6) is 1.35. The van der Waals surface area contributed by atoms with E-state index >= 15 is 0 Å². The highest BCUT2D eigenvalue weighted by Crippen LogP contribution is 2.70. The Morgan fingerprint density at radius 1 is 1.71 bits per heavy atom. The monoisotopic (exact) mass is 134 g/mol. The molecule has 0 saturated heterocycles. The highest BCUT2D eigenvalue weighted by atomic mass is 32.8. The van der Waals surface area contributed by atoms with Crippen LogP contribution in [-0.4, -0.2) is 29.9 Å². The highest BCUT2D eigenvalue weighted by Gasteiger charge is 2.27. The number of hydrogen-bond donors (Lipinski definition) is 0. The van der Waals surface area contributed by atoms with E-state index in [1.54, 1.807) is 0 Å². The highest BCUT2D eigenvalue weighted by molar-refractivity contribution is 8.85. The van der Waals surface area contributed by atoms with E-state index < -0.39 is 8.37 Å². The van der Waals surface area contributed by atoms with Crippen molar-refractivity contribution in [3.05, 3.63) is 0 Å². The molecule has 0 nitrogen and oxygen atoms in total. The lowest BCUT2D eigenvalue weighted by atomic mass is 11.0. The van der Waals surface area contributed by atoms with Gasteiger partial charge in [-0.15, -0.1) is 0 Å². The second-order valence-electron chi connectivity index (χ2n) is 2.69. The molecule has 7 heavy (non-hydrogen) atoms. The fraction of sp³-hybridized carbons (Fsp3) is 0.600. The minimum absolute atomic E-state index is 0.880. The third-order valence-corrected chi connectivity index (χ3v) is 7.66. The van der Waals surface area contributed by atoms with Crippen molar-refractivity contribution in [2.24, 2.45) is 0 Å². The number of rotatable bonds is 1. The van der Waals surface area contributed by atoms with Gasteiger partial charge in [-0.25, -0.2) is 8.37 Å². The smallest absolute Gasteiger partial charge is 0.00293 e. The molecule has 1 heterocycles. The van der Waals surface area contributed by atoms with Crippen LogP contribution in [0.3, 0.4) is 0 Å². The van der Waals surface area contributed by atoms with Crippen molar-refractivity contribution in [2.75, 3.05) is 18.3 Å². The van der Waals surface area contributed by atoms with Crippen molar-refractivity contribution in [2.45, 2.75) is 0 Å². The van der Waals surface area contributed by atoms with Gasteiger partial charge in [0, 0.05) is 5.75 Å². The van der Waals surface area contributed by atoms with Gasteiger partial charge in [0.15, 0.2) is 0 Å². The minimum Gasteiger partial charge on any atom is -0.211 e. The molecule has 0 aliphatic carbocycles. The first kappa shape index (κ1) is 5.53. The van der Waals surface area contributed by atoms with Crippen LogP contribution in [-0.2, 0) is 0 Å². The Balaban J connectivity index is 3.01. The van der Waals surface area contributed by atoms with Gasteiger partial charge in [-0.3, -0.25) is 0 Å². The second kappa shape index (κ2) is 1.04. The molecule has 0 saturated carbocycles. The molecule has 0 N–H and O–H groups in total. The van der Waals surface area contributed by atoms with E-state index in [2.05, 4.69) is 24.2 Å². The van der Waals surface area contributed by atoms with E-state index in [4.69, 9.17) is 0 Å². The third-order valence-electron chi connectivity index (χ3n) is 1.41. The Labute approximate surface area is 46.3 Å². The van der Waals surface area contributed by atoms with Crippen LogP contribution >= 0.6 is 15.8 Å². The third kappa shape index (κ3) is 0.949. The topological polar surface area (TPSA) is 0 Å². The summed E-state index contributed by atoms with van der Waals surface area (Å²) < 4.78 is 0. The van der Waals surface area contributed by atoms with Crippen molar-refractivity contribution < 1.29 is 0 Å². The standard InChI is InChI=1S/C5H11PS/c1-6-7(2,3)4-5-7/h4H,1,5H2,2-3H3. The largest absolute Gasteiger partial charge is 0.211 e. The summed E-state index contributed by atoms with van der Waals surface area (Å²) in [6.45, 7) is 0. The Hall–Kier alpha value is 0.390. The predicted octanol–water partition coefficient (Wildman–Crippen LogP) is 1.70. The molecule has 0 aromatic rings. The first-order valence-corrected chi connectivity index (χ1v) is 7.02. The van der Waals surface area contributed by atoms with E-state index in [1.807, 2.05) is 0 Å². The van der Waals surface area contributed by atoms with Crippen molar-refractivity contribution in [1.29, 1.82) is 0 Å². The summed E-state index contributed by atoms with van der Waals surface area (Å²) in [7, 11) is 0.486. The first-order valence-electron chi connectivity index (χ1n) is 2.25. The van der Waals surface area contributed by atoms with Gasteiger partial charge < -0.3 is 0 Å². The lowest BCUT2D eigenvalue weighted by molar-refractivity contribution is 2.12. The normalized spacial score (nSPS) is 37.7. The van der Waals surface area contributed by atoms with E-state index in [1.165, 1.54) is 13.2 Å². The lowest BCUT2D eigenvalue weighted by Gasteiger charge is -2.17. The molecule has 1 rings (SSSR count). The van der Waals surface area contributed by atoms with Gasteiger partial charge in [0.2, 0.25) is 0 Å². The minimum atomic E-state index is -0.880. The van der Waals surface area contributed by atoms with Crippen LogP contribution < -0.4 is 0 Å². The Bertz CT molecular complexity index is 173. The van der Waals surface area contributed by atoms with Gasteiger partial charge in [-0.2, -0.15) is 0 Å². The summed E-state index contributed by atoms with van der Waals surface area (Å²) in [6.07, 6.45) is 8.59. The molecule has 0 unspecified atom stereocenters. The van der Waals surface area contributed by atoms with Crippen LogP contribution in [0.2, 0.25) is 0 Å². The quantitative estimate of drug-likeness (QED) is 0.378. The fourth-order valence-corrected chi connectivity index (χ4v) is 3.00. The van der Waals surface area contributed by atoms with Gasteiger partial charge in [-0.1, -0.05) is 19.1 Å². The summed E-state index contributed by atoms with van der Waals surface area (Å²) >= 11 is 0. The van der Waals surface area contributed by atoms with Crippen LogP contribution in [0.25, 0.3) is 0 Å². The van der Waals surface area contributed by atoms with Gasteiger partial charge in [0.1, 0.15) is 0 Å². The molecule has 0 aromatic carbocycles.